The maximum atomic E-state index is 12.7. The lowest BCUT2D eigenvalue weighted by atomic mass is 10.1. The molecule has 0 unspecified atom stereocenters. The van der Waals surface area contributed by atoms with Crippen LogP contribution in [0.4, 0.5) is 5.69 Å². The summed E-state index contributed by atoms with van der Waals surface area (Å²) in [6.45, 7) is 7.17. The van der Waals surface area contributed by atoms with Gasteiger partial charge in [-0.05, 0) is 73.9 Å². The topological polar surface area (TPSA) is 126 Å². The van der Waals surface area contributed by atoms with Crippen molar-refractivity contribution in [3.05, 3.63) is 89.5 Å². The molecule has 1 atom stereocenters. The van der Waals surface area contributed by atoms with Gasteiger partial charge in [-0.15, -0.1) is 0 Å². The molecule has 0 aliphatic heterocycles. The number of benzene rings is 3. The summed E-state index contributed by atoms with van der Waals surface area (Å²) in [6, 6.07) is 19.6. The quantitative estimate of drug-likeness (QED) is 0.254. The first-order valence-electron chi connectivity index (χ1n) is 12.0. The van der Waals surface area contributed by atoms with E-state index >= 15 is 0 Å². The number of nitrogens with one attached hydrogen (secondary N) is 3. The van der Waals surface area contributed by atoms with Crippen LogP contribution in [0, 0.1) is 19.8 Å². The van der Waals surface area contributed by atoms with Gasteiger partial charge in [0.2, 0.25) is 10.0 Å². The Morgan fingerprint density at radius 3 is 2.05 bits per heavy atom. The molecular weight excluding hydrogens is 504 g/mol. The van der Waals surface area contributed by atoms with Gasteiger partial charge < -0.3 is 10.1 Å². The zero-order chi connectivity index (χ0) is 27.7. The van der Waals surface area contributed by atoms with Crippen molar-refractivity contribution < 1.29 is 22.7 Å². The third-order valence-electron chi connectivity index (χ3n) is 5.54. The fourth-order valence-corrected chi connectivity index (χ4v) is 4.66. The highest BCUT2D eigenvalue weighted by molar-refractivity contribution is 7.89. The van der Waals surface area contributed by atoms with Crippen molar-refractivity contribution in [3.63, 3.8) is 0 Å². The second-order valence-electron chi connectivity index (χ2n) is 9.16. The van der Waals surface area contributed by atoms with Crippen LogP contribution >= 0.6 is 0 Å². The van der Waals surface area contributed by atoms with E-state index in [4.69, 9.17) is 4.74 Å². The number of hydrazone groups is 1. The predicted molar refractivity (Wildman–Crippen MR) is 148 cm³/mol. The van der Waals surface area contributed by atoms with Crippen molar-refractivity contribution in [3.8, 4) is 5.75 Å². The summed E-state index contributed by atoms with van der Waals surface area (Å²) in [7, 11) is -3.88. The molecule has 9 nitrogen and oxygen atoms in total. The van der Waals surface area contributed by atoms with E-state index in [0.717, 1.165) is 11.1 Å². The van der Waals surface area contributed by atoms with Gasteiger partial charge in [-0.1, -0.05) is 49.2 Å². The highest BCUT2D eigenvalue weighted by Gasteiger charge is 2.28. The third kappa shape index (κ3) is 8.53. The summed E-state index contributed by atoms with van der Waals surface area (Å²) in [4.78, 5) is 24.8. The van der Waals surface area contributed by atoms with Gasteiger partial charge in [0.1, 0.15) is 11.8 Å². The van der Waals surface area contributed by atoms with Crippen LogP contribution in [0.15, 0.2) is 82.8 Å². The highest BCUT2D eigenvalue weighted by Crippen LogP contribution is 2.14. The average molecular weight is 537 g/mol. The van der Waals surface area contributed by atoms with Crippen molar-refractivity contribution in [2.75, 3.05) is 11.9 Å². The molecule has 0 saturated heterocycles. The van der Waals surface area contributed by atoms with Crippen LogP contribution < -0.4 is 20.2 Å². The Hall–Kier alpha value is -4.02. The van der Waals surface area contributed by atoms with Gasteiger partial charge in [0, 0.05) is 5.69 Å². The monoisotopic (exact) mass is 536 g/mol. The van der Waals surface area contributed by atoms with Gasteiger partial charge in [0.05, 0.1) is 11.1 Å². The molecule has 3 rings (SSSR count). The summed E-state index contributed by atoms with van der Waals surface area (Å²) < 4.78 is 33.4. The molecular formula is C28H32N4O5S. The molecule has 0 spiro atoms. The van der Waals surface area contributed by atoms with Crippen LogP contribution in [0.5, 0.6) is 5.75 Å². The summed E-state index contributed by atoms with van der Waals surface area (Å²) in [6.07, 6.45) is 1.43. The first kappa shape index (κ1) is 28.5. The van der Waals surface area contributed by atoms with Crippen molar-refractivity contribution in [2.45, 2.75) is 38.6 Å². The number of rotatable bonds is 11. The molecule has 38 heavy (non-hydrogen) atoms. The smallest absolute Gasteiger partial charge is 0.262 e. The van der Waals surface area contributed by atoms with Crippen LogP contribution in [-0.4, -0.2) is 39.1 Å². The molecule has 200 valence electrons. The predicted octanol–water partition coefficient (Wildman–Crippen LogP) is 3.77. The van der Waals surface area contributed by atoms with Crippen molar-refractivity contribution in [1.29, 1.82) is 0 Å². The van der Waals surface area contributed by atoms with E-state index < -0.39 is 22.0 Å². The normalized spacial score (nSPS) is 12.3. The molecule has 0 aliphatic carbocycles. The van der Waals surface area contributed by atoms with Gasteiger partial charge in [-0.2, -0.15) is 9.82 Å². The third-order valence-corrected chi connectivity index (χ3v) is 6.99. The van der Waals surface area contributed by atoms with E-state index in [1.54, 1.807) is 50.2 Å². The Kier molecular flexibility index (Phi) is 9.75. The standard InChI is InChI=1S/C28H32N4O5S/c1-19(2)27(32-38(35,36)25-15-7-21(4)8-16-25)28(34)31-29-17-22-9-13-24(14-10-22)37-18-26(33)30-23-11-5-20(3)6-12-23/h5-17,19,27,32H,18H2,1-4H3,(H,30,33)(H,31,34)/b29-17-/t27-/m1/s1. The second-order valence-corrected chi connectivity index (χ2v) is 10.9. The molecule has 3 N–H and O–H groups in total. The van der Waals surface area contributed by atoms with Crippen LogP contribution in [0.2, 0.25) is 0 Å². The molecule has 2 amide bonds. The zero-order valence-electron chi connectivity index (χ0n) is 21.8. The highest BCUT2D eigenvalue weighted by atomic mass is 32.2. The van der Waals surface area contributed by atoms with E-state index in [1.807, 2.05) is 38.1 Å². The van der Waals surface area contributed by atoms with Gasteiger partial charge in [0.15, 0.2) is 6.61 Å². The molecule has 10 heteroatoms. The number of nitrogens with zero attached hydrogens (tertiary/aromatic N) is 1. The first-order chi connectivity index (χ1) is 18.0. The van der Waals surface area contributed by atoms with E-state index in [0.29, 0.717) is 17.0 Å². The molecule has 3 aromatic rings. The molecule has 0 saturated carbocycles. The van der Waals surface area contributed by atoms with E-state index in [1.165, 1.54) is 18.3 Å². The molecule has 0 aromatic heterocycles. The molecule has 0 aliphatic rings. The van der Waals surface area contributed by atoms with Gasteiger partial charge >= 0.3 is 0 Å². The minimum absolute atomic E-state index is 0.0833. The first-order valence-corrected chi connectivity index (χ1v) is 13.5. The van der Waals surface area contributed by atoms with Crippen LogP contribution in [-0.2, 0) is 19.6 Å². The molecule has 0 bridgehead atoms. The summed E-state index contributed by atoms with van der Waals surface area (Å²) >= 11 is 0. The maximum Gasteiger partial charge on any atom is 0.262 e. The lowest BCUT2D eigenvalue weighted by molar-refractivity contribution is -0.123. The molecule has 0 heterocycles. The number of amides is 2. The molecule has 3 aromatic carbocycles. The Balaban J connectivity index is 1.51. The number of anilines is 1. The van der Waals surface area contributed by atoms with E-state index in [9.17, 15) is 18.0 Å². The largest absolute Gasteiger partial charge is 0.484 e. The number of carbonyl (C=O) groups excluding carboxylic acids is 2. The second kappa shape index (κ2) is 13.0. The molecule has 0 fully saturated rings. The lowest BCUT2D eigenvalue weighted by Gasteiger charge is -2.20. The van der Waals surface area contributed by atoms with Crippen LogP contribution in [0.25, 0.3) is 0 Å². The Morgan fingerprint density at radius 1 is 0.895 bits per heavy atom. The van der Waals surface area contributed by atoms with Crippen molar-refractivity contribution >= 4 is 33.7 Å². The number of carbonyl (C=O) groups is 2. The minimum atomic E-state index is -3.88. The van der Waals surface area contributed by atoms with Crippen molar-refractivity contribution in [2.24, 2.45) is 11.0 Å². The number of aryl methyl sites for hydroxylation is 2. The summed E-state index contributed by atoms with van der Waals surface area (Å²) in [5.41, 5.74) is 5.79. The summed E-state index contributed by atoms with van der Waals surface area (Å²) in [5, 5.41) is 6.72. The number of ether oxygens (including phenoxy) is 1. The fraction of sp³-hybridized carbons (Fsp3) is 0.250. The van der Waals surface area contributed by atoms with Crippen LogP contribution in [0.1, 0.15) is 30.5 Å². The summed E-state index contributed by atoms with van der Waals surface area (Å²) in [5.74, 6) is -0.674. The lowest BCUT2D eigenvalue weighted by Crippen LogP contribution is -2.48. The number of hydrogen-bond acceptors (Lipinski definition) is 6. The van der Waals surface area contributed by atoms with Crippen LogP contribution in [0.3, 0.4) is 0 Å². The molecule has 0 radical (unpaired) electrons. The fourth-order valence-electron chi connectivity index (χ4n) is 3.32. The maximum absolute atomic E-state index is 12.7. The Bertz CT molecular complexity index is 1370. The number of sulfonamides is 1. The number of hydrogen-bond donors (Lipinski definition) is 3. The van der Waals surface area contributed by atoms with Gasteiger partial charge in [0.25, 0.3) is 11.8 Å². The van der Waals surface area contributed by atoms with E-state index in [-0.39, 0.29) is 23.3 Å². The Labute approximate surface area is 223 Å². The van der Waals surface area contributed by atoms with E-state index in [2.05, 4.69) is 20.6 Å². The minimum Gasteiger partial charge on any atom is -0.484 e. The SMILES string of the molecule is Cc1ccc(NC(=O)COc2ccc(/C=N\NC(=O)[C@H](NS(=O)(=O)c3ccc(C)cc3)C(C)C)cc2)cc1. The van der Waals surface area contributed by atoms with Gasteiger partial charge in [-0.3, -0.25) is 9.59 Å². The Morgan fingerprint density at radius 2 is 1.47 bits per heavy atom. The zero-order valence-corrected chi connectivity index (χ0v) is 22.6. The van der Waals surface area contributed by atoms with Crippen molar-refractivity contribution in [1.82, 2.24) is 10.1 Å². The van der Waals surface area contributed by atoms with Gasteiger partial charge in [-0.25, -0.2) is 13.8 Å². The average Bonchev–Trinajstić information content (AvgIpc) is 2.88.